The SMILES string of the molecule is COc1ccc(NC(=O)CSc2nnc(C(NC(=O)c3ccc(OC)cc3)C(C)C)n2C)cc1. The second-order valence-corrected chi connectivity index (χ2v) is 8.83. The van der Waals surface area contributed by atoms with Crippen molar-refractivity contribution < 1.29 is 19.1 Å². The molecule has 2 aromatic carbocycles. The van der Waals surface area contributed by atoms with Gasteiger partial charge in [-0.15, -0.1) is 10.2 Å². The first-order valence-corrected chi connectivity index (χ1v) is 11.7. The Morgan fingerprint density at radius 2 is 1.56 bits per heavy atom. The quantitative estimate of drug-likeness (QED) is 0.424. The predicted octanol–water partition coefficient (Wildman–Crippen LogP) is 3.69. The zero-order valence-corrected chi connectivity index (χ0v) is 20.7. The molecule has 0 aliphatic heterocycles. The number of hydrogen-bond acceptors (Lipinski definition) is 7. The molecule has 3 rings (SSSR count). The van der Waals surface area contributed by atoms with Crippen molar-refractivity contribution in [2.24, 2.45) is 13.0 Å². The van der Waals surface area contributed by atoms with Crippen LogP contribution in [-0.2, 0) is 11.8 Å². The summed E-state index contributed by atoms with van der Waals surface area (Å²) < 4.78 is 12.1. The first-order valence-electron chi connectivity index (χ1n) is 10.7. The number of nitrogens with zero attached hydrogens (tertiary/aromatic N) is 3. The molecule has 2 N–H and O–H groups in total. The highest BCUT2D eigenvalue weighted by Gasteiger charge is 2.25. The number of amides is 2. The van der Waals surface area contributed by atoms with Gasteiger partial charge in [-0.25, -0.2) is 0 Å². The van der Waals surface area contributed by atoms with E-state index in [0.29, 0.717) is 28.0 Å². The third-order valence-corrected chi connectivity index (χ3v) is 6.18. The first-order chi connectivity index (χ1) is 16.3. The molecule has 0 fully saturated rings. The van der Waals surface area contributed by atoms with E-state index in [-0.39, 0.29) is 29.5 Å². The topological polar surface area (TPSA) is 107 Å². The highest BCUT2D eigenvalue weighted by atomic mass is 32.2. The van der Waals surface area contributed by atoms with E-state index in [4.69, 9.17) is 9.47 Å². The summed E-state index contributed by atoms with van der Waals surface area (Å²) in [5.41, 5.74) is 1.21. The normalized spacial score (nSPS) is 11.7. The Morgan fingerprint density at radius 1 is 0.971 bits per heavy atom. The van der Waals surface area contributed by atoms with Crippen LogP contribution in [0.25, 0.3) is 0 Å². The molecule has 10 heteroatoms. The average Bonchev–Trinajstić information content (AvgIpc) is 3.21. The van der Waals surface area contributed by atoms with E-state index < -0.39 is 0 Å². The molecule has 34 heavy (non-hydrogen) atoms. The molecule has 0 aliphatic carbocycles. The fourth-order valence-electron chi connectivity index (χ4n) is 3.22. The van der Waals surface area contributed by atoms with E-state index in [1.165, 1.54) is 11.8 Å². The van der Waals surface area contributed by atoms with Crippen LogP contribution < -0.4 is 20.1 Å². The van der Waals surface area contributed by atoms with Gasteiger partial charge in [0.15, 0.2) is 11.0 Å². The average molecular weight is 484 g/mol. The van der Waals surface area contributed by atoms with Crippen molar-refractivity contribution in [3.8, 4) is 11.5 Å². The van der Waals surface area contributed by atoms with Gasteiger partial charge >= 0.3 is 0 Å². The molecular weight excluding hydrogens is 454 g/mol. The number of ether oxygens (including phenoxy) is 2. The summed E-state index contributed by atoms with van der Waals surface area (Å²) in [4.78, 5) is 25.2. The Kier molecular flexibility index (Phi) is 8.53. The smallest absolute Gasteiger partial charge is 0.251 e. The first kappa shape index (κ1) is 25.1. The van der Waals surface area contributed by atoms with Gasteiger partial charge in [0.05, 0.1) is 26.0 Å². The standard InChI is InChI=1S/C24H29N5O4S/c1-15(2)21(26-23(31)16-6-10-18(32-4)11-7-16)22-27-28-24(29(22)3)34-14-20(30)25-17-8-12-19(33-5)13-9-17/h6-13,15,21H,14H2,1-5H3,(H,25,30)(H,26,31). The van der Waals surface area contributed by atoms with Crippen molar-refractivity contribution in [2.75, 3.05) is 25.3 Å². The van der Waals surface area contributed by atoms with Gasteiger partial charge in [0.25, 0.3) is 5.91 Å². The van der Waals surface area contributed by atoms with Crippen LogP contribution in [0.4, 0.5) is 5.69 Å². The maximum atomic E-state index is 12.8. The fraction of sp³-hybridized carbons (Fsp3) is 0.333. The van der Waals surface area contributed by atoms with Gasteiger partial charge in [0, 0.05) is 18.3 Å². The zero-order valence-electron chi connectivity index (χ0n) is 19.9. The molecule has 3 aromatic rings. The van der Waals surface area contributed by atoms with Crippen LogP contribution >= 0.6 is 11.8 Å². The maximum absolute atomic E-state index is 12.8. The van der Waals surface area contributed by atoms with Gasteiger partial charge in [-0.2, -0.15) is 0 Å². The van der Waals surface area contributed by atoms with Crippen molar-refractivity contribution in [3.63, 3.8) is 0 Å². The summed E-state index contributed by atoms with van der Waals surface area (Å²) in [6, 6.07) is 13.7. The van der Waals surface area contributed by atoms with Gasteiger partial charge < -0.3 is 24.7 Å². The molecule has 0 saturated carbocycles. The monoisotopic (exact) mass is 483 g/mol. The van der Waals surface area contributed by atoms with Crippen molar-refractivity contribution in [1.29, 1.82) is 0 Å². The molecule has 9 nitrogen and oxygen atoms in total. The van der Waals surface area contributed by atoms with Crippen LogP contribution in [0.15, 0.2) is 53.7 Å². The number of thioether (sulfide) groups is 1. The summed E-state index contributed by atoms with van der Waals surface area (Å²) in [6.07, 6.45) is 0. The molecule has 0 spiro atoms. The van der Waals surface area contributed by atoms with E-state index in [1.807, 2.05) is 25.5 Å². The summed E-state index contributed by atoms with van der Waals surface area (Å²) in [7, 11) is 5.00. The number of nitrogens with one attached hydrogen (secondary N) is 2. The third kappa shape index (κ3) is 6.28. The van der Waals surface area contributed by atoms with Crippen LogP contribution in [-0.4, -0.2) is 46.6 Å². The Bertz CT molecular complexity index is 1110. The van der Waals surface area contributed by atoms with Crippen molar-refractivity contribution in [2.45, 2.75) is 25.0 Å². The number of rotatable bonds is 10. The molecule has 1 atom stereocenters. The van der Waals surface area contributed by atoms with Gasteiger partial charge in [-0.3, -0.25) is 9.59 Å². The van der Waals surface area contributed by atoms with Crippen molar-refractivity contribution in [1.82, 2.24) is 20.1 Å². The fourth-order valence-corrected chi connectivity index (χ4v) is 3.94. The number of aromatic nitrogens is 3. The zero-order chi connectivity index (χ0) is 24.7. The second-order valence-electron chi connectivity index (χ2n) is 7.89. The lowest BCUT2D eigenvalue weighted by atomic mass is 10.0. The number of anilines is 1. The summed E-state index contributed by atoms with van der Waals surface area (Å²) >= 11 is 1.28. The number of carbonyl (C=O) groups is 2. The molecule has 0 aliphatic rings. The number of hydrogen-bond donors (Lipinski definition) is 2. The minimum absolute atomic E-state index is 0.0707. The Labute approximate surface area is 203 Å². The van der Waals surface area contributed by atoms with Gasteiger partial charge in [-0.05, 0) is 54.4 Å². The molecular formula is C24H29N5O4S. The molecule has 0 radical (unpaired) electrons. The highest BCUT2D eigenvalue weighted by Crippen LogP contribution is 2.25. The highest BCUT2D eigenvalue weighted by molar-refractivity contribution is 7.99. The largest absolute Gasteiger partial charge is 0.497 e. The van der Waals surface area contributed by atoms with E-state index in [2.05, 4.69) is 20.8 Å². The molecule has 0 saturated heterocycles. The van der Waals surface area contributed by atoms with Crippen LogP contribution in [0.5, 0.6) is 11.5 Å². The van der Waals surface area contributed by atoms with Gasteiger partial charge in [0.2, 0.25) is 5.91 Å². The van der Waals surface area contributed by atoms with Crippen molar-refractivity contribution in [3.05, 3.63) is 59.9 Å². The van der Waals surface area contributed by atoms with E-state index in [9.17, 15) is 9.59 Å². The van der Waals surface area contributed by atoms with Crippen LogP contribution in [0.3, 0.4) is 0 Å². The molecule has 1 unspecified atom stereocenters. The number of methoxy groups -OCH3 is 2. The van der Waals surface area contributed by atoms with Gasteiger partial charge in [0.1, 0.15) is 11.5 Å². The van der Waals surface area contributed by atoms with E-state index in [0.717, 1.165) is 5.75 Å². The molecule has 0 bridgehead atoms. The Morgan fingerprint density at radius 3 is 2.12 bits per heavy atom. The molecule has 180 valence electrons. The van der Waals surface area contributed by atoms with Crippen molar-refractivity contribution >= 4 is 29.3 Å². The number of carbonyl (C=O) groups excluding carboxylic acids is 2. The Hall–Kier alpha value is -3.53. The summed E-state index contributed by atoms with van der Waals surface area (Å²) in [5, 5.41) is 15.0. The lowest BCUT2D eigenvalue weighted by molar-refractivity contribution is -0.113. The second kappa shape index (κ2) is 11.6. The minimum atomic E-state index is -0.352. The Balaban J connectivity index is 1.63. The third-order valence-electron chi connectivity index (χ3n) is 5.16. The predicted molar refractivity (Wildman–Crippen MR) is 131 cm³/mol. The molecule has 1 aromatic heterocycles. The van der Waals surface area contributed by atoms with Crippen LogP contribution in [0, 0.1) is 5.92 Å². The number of benzene rings is 2. The maximum Gasteiger partial charge on any atom is 0.251 e. The lowest BCUT2D eigenvalue weighted by Crippen LogP contribution is -2.33. The lowest BCUT2D eigenvalue weighted by Gasteiger charge is -2.21. The van der Waals surface area contributed by atoms with Crippen LogP contribution in [0.1, 0.15) is 36.1 Å². The van der Waals surface area contributed by atoms with E-state index in [1.54, 1.807) is 62.8 Å². The van der Waals surface area contributed by atoms with Crippen LogP contribution in [0.2, 0.25) is 0 Å². The van der Waals surface area contributed by atoms with Gasteiger partial charge in [-0.1, -0.05) is 25.6 Å². The minimum Gasteiger partial charge on any atom is -0.497 e. The summed E-state index contributed by atoms with van der Waals surface area (Å²) in [6.45, 7) is 4.01. The molecule has 2 amide bonds. The molecule has 1 heterocycles. The van der Waals surface area contributed by atoms with E-state index >= 15 is 0 Å². The summed E-state index contributed by atoms with van der Waals surface area (Å²) in [5.74, 6) is 1.89.